The van der Waals surface area contributed by atoms with Gasteiger partial charge in [-0.1, -0.05) is 20.8 Å². The number of amides is 1. The zero-order valence-electron chi connectivity index (χ0n) is 12.0. The maximum atomic E-state index is 12.2. The lowest BCUT2D eigenvalue weighted by Crippen LogP contribution is -2.68. The smallest absolute Gasteiger partial charge is 0.223 e. The number of ether oxygens (including phenoxy) is 1. The Morgan fingerprint density at radius 2 is 1.94 bits per heavy atom. The van der Waals surface area contributed by atoms with Gasteiger partial charge in [-0.15, -0.1) is 0 Å². The average Bonchev–Trinajstić information content (AvgIpc) is 2.37. The van der Waals surface area contributed by atoms with Gasteiger partial charge in [0.1, 0.15) is 0 Å². The van der Waals surface area contributed by atoms with Crippen LogP contribution in [0.15, 0.2) is 0 Å². The number of carbonyl (C=O) groups is 1. The second-order valence-corrected chi connectivity index (χ2v) is 6.35. The summed E-state index contributed by atoms with van der Waals surface area (Å²) in [5, 5.41) is 6.54. The van der Waals surface area contributed by atoms with Crippen molar-refractivity contribution >= 4 is 5.91 Å². The highest BCUT2D eigenvalue weighted by molar-refractivity contribution is 5.79. The molecule has 0 aromatic heterocycles. The van der Waals surface area contributed by atoms with Gasteiger partial charge >= 0.3 is 0 Å². The van der Waals surface area contributed by atoms with Crippen molar-refractivity contribution in [2.45, 2.75) is 45.8 Å². The van der Waals surface area contributed by atoms with Gasteiger partial charge in [-0.3, -0.25) is 4.79 Å². The molecule has 0 radical (unpaired) electrons. The van der Waals surface area contributed by atoms with Crippen LogP contribution in [-0.2, 0) is 9.53 Å². The van der Waals surface area contributed by atoms with Gasteiger partial charge in [-0.25, -0.2) is 0 Å². The van der Waals surface area contributed by atoms with Crippen molar-refractivity contribution < 1.29 is 9.53 Å². The Kier molecular flexibility index (Phi) is 3.97. The van der Waals surface area contributed by atoms with Gasteiger partial charge in [-0.2, -0.15) is 0 Å². The minimum absolute atomic E-state index is 0.0384. The third-order valence-corrected chi connectivity index (χ3v) is 4.80. The molecule has 1 heterocycles. The molecule has 2 N–H and O–H groups in total. The molecule has 0 aromatic rings. The molecule has 4 nitrogen and oxygen atoms in total. The summed E-state index contributed by atoms with van der Waals surface area (Å²) in [7, 11) is 1.76. The molecule has 4 heteroatoms. The molecule has 1 aliphatic heterocycles. The molecule has 1 amide bonds. The van der Waals surface area contributed by atoms with E-state index in [2.05, 4.69) is 31.4 Å². The first-order valence-corrected chi connectivity index (χ1v) is 7.02. The van der Waals surface area contributed by atoms with E-state index in [1.807, 2.05) is 0 Å². The zero-order valence-corrected chi connectivity index (χ0v) is 12.0. The first-order valence-electron chi connectivity index (χ1n) is 7.02. The molecule has 1 saturated carbocycles. The molecule has 2 aliphatic rings. The maximum absolute atomic E-state index is 12.2. The molecule has 18 heavy (non-hydrogen) atoms. The summed E-state index contributed by atoms with van der Waals surface area (Å²) >= 11 is 0. The standard InChI is InChI=1S/C14H26N2O2/c1-9-11(14(2,3)12(9)18-4)16-13(17)10-5-7-15-8-6-10/h9-12,15H,5-8H2,1-4H3,(H,16,17). The number of hydrogen-bond acceptors (Lipinski definition) is 3. The Labute approximate surface area is 110 Å². The van der Waals surface area contributed by atoms with E-state index in [4.69, 9.17) is 4.74 Å². The van der Waals surface area contributed by atoms with E-state index in [0.29, 0.717) is 5.92 Å². The second kappa shape index (κ2) is 5.17. The van der Waals surface area contributed by atoms with Crippen LogP contribution >= 0.6 is 0 Å². The van der Waals surface area contributed by atoms with Gasteiger partial charge in [-0.05, 0) is 25.9 Å². The summed E-state index contributed by atoms with van der Waals surface area (Å²) in [6, 6.07) is 0.241. The fourth-order valence-electron chi connectivity index (χ4n) is 3.78. The Hall–Kier alpha value is -0.610. The number of piperidine rings is 1. The lowest BCUT2D eigenvalue weighted by Gasteiger charge is -2.56. The molecule has 1 aliphatic carbocycles. The third kappa shape index (κ3) is 2.28. The van der Waals surface area contributed by atoms with Gasteiger partial charge in [0, 0.05) is 30.4 Å². The molecule has 3 unspecified atom stereocenters. The maximum Gasteiger partial charge on any atom is 0.223 e. The molecule has 104 valence electrons. The molecule has 0 bridgehead atoms. The number of rotatable bonds is 3. The summed E-state index contributed by atoms with van der Waals surface area (Å²) in [6.07, 6.45) is 2.16. The molecule has 0 aromatic carbocycles. The van der Waals surface area contributed by atoms with Crippen molar-refractivity contribution in [1.82, 2.24) is 10.6 Å². The minimum Gasteiger partial charge on any atom is -0.380 e. The second-order valence-electron chi connectivity index (χ2n) is 6.35. The van der Waals surface area contributed by atoms with Crippen LogP contribution in [0.1, 0.15) is 33.6 Å². The van der Waals surface area contributed by atoms with Crippen LogP contribution in [0.4, 0.5) is 0 Å². The summed E-state index contributed by atoms with van der Waals surface area (Å²) < 4.78 is 5.51. The Morgan fingerprint density at radius 1 is 1.33 bits per heavy atom. The average molecular weight is 254 g/mol. The van der Waals surface area contributed by atoms with Gasteiger partial charge in [0.15, 0.2) is 0 Å². The highest BCUT2D eigenvalue weighted by Gasteiger charge is 2.55. The van der Waals surface area contributed by atoms with Crippen LogP contribution in [0, 0.1) is 17.3 Å². The van der Waals surface area contributed by atoms with E-state index in [-0.39, 0.29) is 29.4 Å². The zero-order chi connectivity index (χ0) is 13.3. The summed E-state index contributed by atoms with van der Waals surface area (Å²) in [5.74, 6) is 0.822. The number of methoxy groups -OCH3 is 1. The first kappa shape index (κ1) is 13.8. The predicted molar refractivity (Wildman–Crippen MR) is 71.3 cm³/mol. The molecule has 1 saturated heterocycles. The fraction of sp³-hybridized carbons (Fsp3) is 0.929. The van der Waals surface area contributed by atoms with Crippen molar-refractivity contribution in [3.8, 4) is 0 Å². The molecule has 3 atom stereocenters. The number of nitrogens with one attached hydrogen (secondary N) is 2. The highest BCUT2D eigenvalue weighted by atomic mass is 16.5. The van der Waals surface area contributed by atoms with E-state index < -0.39 is 0 Å². The number of carbonyl (C=O) groups excluding carboxylic acids is 1. The lowest BCUT2D eigenvalue weighted by molar-refractivity contribution is -0.156. The van der Waals surface area contributed by atoms with E-state index in [1.165, 1.54) is 0 Å². The van der Waals surface area contributed by atoms with Crippen LogP contribution in [0.25, 0.3) is 0 Å². The molecule has 2 fully saturated rings. The van der Waals surface area contributed by atoms with Crippen molar-refractivity contribution in [1.29, 1.82) is 0 Å². The van der Waals surface area contributed by atoms with E-state index >= 15 is 0 Å². The predicted octanol–water partition coefficient (Wildman–Crippen LogP) is 1.16. The normalized spacial score (nSPS) is 35.9. The summed E-state index contributed by atoms with van der Waals surface area (Å²) in [4.78, 5) is 12.2. The van der Waals surface area contributed by atoms with Crippen LogP contribution in [0.3, 0.4) is 0 Å². The van der Waals surface area contributed by atoms with Crippen molar-refractivity contribution in [2.24, 2.45) is 17.3 Å². The van der Waals surface area contributed by atoms with Crippen LogP contribution < -0.4 is 10.6 Å². The van der Waals surface area contributed by atoms with E-state index in [1.54, 1.807) is 7.11 Å². The van der Waals surface area contributed by atoms with Crippen molar-refractivity contribution in [3.63, 3.8) is 0 Å². The molecular formula is C14H26N2O2. The van der Waals surface area contributed by atoms with Crippen LogP contribution in [-0.4, -0.2) is 38.3 Å². The van der Waals surface area contributed by atoms with Gasteiger partial charge in [0.05, 0.1) is 6.10 Å². The van der Waals surface area contributed by atoms with Gasteiger partial charge < -0.3 is 15.4 Å². The van der Waals surface area contributed by atoms with Gasteiger partial charge in [0.2, 0.25) is 5.91 Å². The SMILES string of the molecule is COC1C(C)C(NC(=O)C2CCNCC2)C1(C)C. The third-order valence-electron chi connectivity index (χ3n) is 4.80. The quantitative estimate of drug-likeness (QED) is 0.794. The lowest BCUT2D eigenvalue weighted by atomic mass is 9.57. The highest BCUT2D eigenvalue weighted by Crippen LogP contribution is 2.47. The topological polar surface area (TPSA) is 50.4 Å². The Morgan fingerprint density at radius 3 is 2.44 bits per heavy atom. The summed E-state index contributed by atoms with van der Waals surface area (Å²) in [5.41, 5.74) is 0.0384. The first-order chi connectivity index (χ1) is 8.48. The monoisotopic (exact) mass is 254 g/mol. The Bertz CT molecular complexity index is 311. The Balaban J connectivity index is 1.91. The van der Waals surface area contributed by atoms with Crippen LogP contribution in [0.5, 0.6) is 0 Å². The van der Waals surface area contributed by atoms with Crippen LogP contribution in [0.2, 0.25) is 0 Å². The molecule has 2 rings (SSSR count). The van der Waals surface area contributed by atoms with Gasteiger partial charge in [0.25, 0.3) is 0 Å². The largest absolute Gasteiger partial charge is 0.380 e. The van der Waals surface area contributed by atoms with Crippen molar-refractivity contribution in [3.05, 3.63) is 0 Å². The van der Waals surface area contributed by atoms with E-state index in [9.17, 15) is 4.79 Å². The number of hydrogen-bond donors (Lipinski definition) is 2. The fourth-order valence-corrected chi connectivity index (χ4v) is 3.78. The summed E-state index contributed by atoms with van der Waals surface area (Å²) in [6.45, 7) is 8.43. The minimum atomic E-state index is 0.0384. The molecule has 0 spiro atoms. The van der Waals surface area contributed by atoms with Crippen molar-refractivity contribution in [2.75, 3.05) is 20.2 Å². The molecular weight excluding hydrogens is 228 g/mol. The van der Waals surface area contributed by atoms with E-state index in [0.717, 1.165) is 25.9 Å².